The molecule has 1 atom stereocenters. The quantitative estimate of drug-likeness (QED) is 0.711. The molecule has 0 bridgehead atoms. The van der Waals surface area contributed by atoms with Crippen LogP contribution in [0.2, 0.25) is 0 Å². The first kappa shape index (κ1) is 20.2. The van der Waals surface area contributed by atoms with Gasteiger partial charge in [-0.05, 0) is 52.2 Å². The summed E-state index contributed by atoms with van der Waals surface area (Å²) in [4.78, 5) is 14.2. The van der Waals surface area contributed by atoms with Gasteiger partial charge in [-0.1, -0.05) is 0 Å². The zero-order valence-electron chi connectivity index (χ0n) is 14.9. The van der Waals surface area contributed by atoms with E-state index in [1.807, 2.05) is 25.9 Å². The lowest BCUT2D eigenvalue weighted by Gasteiger charge is -2.28. The SMILES string of the molecule is CCOc1ccc(N([C@H](C)C(=O)NCCN(C)C)S(C)(=O)=O)cc1. The molecule has 0 aliphatic carbocycles. The van der Waals surface area contributed by atoms with Gasteiger partial charge in [-0.2, -0.15) is 0 Å². The molecule has 1 amide bonds. The Kier molecular flexibility index (Phi) is 7.50. The van der Waals surface area contributed by atoms with Gasteiger partial charge in [0.25, 0.3) is 0 Å². The maximum atomic E-state index is 12.3. The molecule has 0 saturated heterocycles. The van der Waals surface area contributed by atoms with Crippen LogP contribution in [0.4, 0.5) is 5.69 Å². The molecule has 1 aromatic carbocycles. The fraction of sp³-hybridized carbons (Fsp3) is 0.562. The minimum Gasteiger partial charge on any atom is -0.494 e. The summed E-state index contributed by atoms with van der Waals surface area (Å²) >= 11 is 0. The maximum absolute atomic E-state index is 12.3. The van der Waals surface area contributed by atoms with E-state index in [1.165, 1.54) is 0 Å². The lowest BCUT2D eigenvalue weighted by Crippen LogP contribution is -2.48. The van der Waals surface area contributed by atoms with Crippen molar-refractivity contribution in [1.29, 1.82) is 0 Å². The largest absolute Gasteiger partial charge is 0.494 e. The van der Waals surface area contributed by atoms with Crippen LogP contribution in [0.15, 0.2) is 24.3 Å². The van der Waals surface area contributed by atoms with E-state index in [0.717, 1.165) is 10.6 Å². The van der Waals surface area contributed by atoms with Gasteiger partial charge in [0.15, 0.2) is 0 Å². The maximum Gasteiger partial charge on any atom is 0.243 e. The monoisotopic (exact) mass is 357 g/mol. The molecular weight excluding hydrogens is 330 g/mol. The van der Waals surface area contributed by atoms with Crippen LogP contribution in [0.1, 0.15) is 13.8 Å². The topological polar surface area (TPSA) is 79.0 Å². The molecule has 0 aromatic heterocycles. The Morgan fingerprint density at radius 1 is 1.25 bits per heavy atom. The van der Waals surface area contributed by atoms with E-state index >= 15 is 0 Å². The first-order valence-electron chi connectivity index (χ1n) is 7.81. The van der Waals surface area contributed by atoms with E-state index in [1.54, 1.807) is 31.2 Å². The van der Waals surface area contributed by atoms with E-state index in [4.69, 9.17) is 4.74 Å². The number of rotatable bonds is 9. The molecule has 0 spiro atoms. The average Bonchev–Trinajstić information content (AvgIpc) is 2.47. The van der Waals surface area contributed by atoms with E-state index in [2.05, 4.69) is 5.32 Å². The predicted molar refractivity (Wildman–Crippen MR) is 96.0 cm³/mol. The van der Waals surface area contributed by atoms with Crippen LogP contribution in [-0.4, -0.2) is 65.3 Å². The Morgan fingerprint density at radius 3 is 2.29 bits per heavy atom. The van der Waals surface area contributed by atoms with Gasteiger partial charge in [0.05, 0.1) is 18.6 Å². The predicted octanol–water partition coefficient (Wildman–Crippen LogP) is 0.918. The third kappa shape index (κ3) is 6.01. The number of benzene rings is 1. The van der Waals surface area contributed by atoms with Crippen LogP contribution < -0.4 is 14.4 Å². The molecule has 0 unspecified atom stereocenters. The number of likely N-dealkylation sites (N-methyl/N-ethyl adjacent to an activating group) is 1. The number of hydrogen-bond acceptors (Lipinski definition) is 5. The first-order chi connectivity index (χ1) is 11.2. The first-order valence-corrected chi connectivity index (χ1v) is 9.66. The summed E-state index contributed by atoms with van der Waals surface area (Å²) in [6, 6.07) is 5.80. The zero-order chi connectivity index (χ0) is 18.3. The van der Waals surface area contributed by atoms with Crippen LogP contribution in [0.25, 0.3) is 0 Å². The van der Waals surface area contributed by atoms with Crippen LogP contribution in [0, 0.1) is 0 Å². The number of amides is 1. The number of hydrogen-bond donors (Lipinski definition) is 1. The molecule has 0 saturated carbocycles. The van der Waals surface area contributed by atoms with Crippen molar-refractivity contribution in [2.75, 3.05) is 44.4 Å². The van der Waals surface area contributed by atoms with Gasteiger partial charge in [0.2, 0.25) is 15.9 Å². The van der Waals surface area contributed by atoms with Gasteiger partial charge in [-0.3, -0.25) is 9.10 Å². The van der Waals surface area contributed by atoms with Crippen molar-refractivity contribution >= 4 is 21.6 Å². The van der Waals surface area contributed by atoms with E-state index in [9.17, 15) is 13.2 Å². The highest BCUT2D eigenvalue weighted by Crippen LogP contribution is 2.24. The number of anilines is 1. The third-order valence-electron chi connectivity index (χ3n) is 3.35. The third-order valence-corrected chi connectivity index (χ3v) is 4.59. The Hall–Kier alpha value is -1.80. The van der Waals surface area contributed by atoms with Crippen molar-refractivity contribution in [3.05, 3.63) is 24.3 Å². The molecule has 0 aliphatic heterocycles. The van der Waals surface area contributed by atoms with Crippen LogP contribution in [0.3, 0.4) is 0 Å². The highest BCUT2D eigenvalue weighted by molar-refractivity contribution is 7.92. The van der Waals surface area contributed by atoms with Gasteiger partial charge in [0.1, 0.15) is 11.8 Å². The molecule has 0 heterocycles. The number of nitrogens with one attached hydrogen (secondary N) is 1. The lowest BCUT2D eigenvalue weighted by atomic mass is 10.2. The van der Waals surface area contributed by atoms with Crippen molar-refractivity contribution in [2.45, 2.75) is 19.9 Å². The summed E-state index contributed by atoms with van der Waals surface area (Å²) in [5.74, 6) is 0.314. The summed E-state index contributed by atoms with van der Waals surface area (Å²) in [6.07, 6.45) is 1.09. The Balaban J connectivity index is 2.94. The molecule has 1 rings (SSSR count). The van der Waals surface area contributed by atoms with Crippen molar-refractivity contribution in [3.63, 3.8) is 0 Å². The summed E-state index contributed by atoms with van der Waals surface area (Å²) in [5, 5.41) is 2.76. The van der Waals surface area contributed by atoms with Crippen molar-refractivity contribution in [1.82, 2.24) is 10.2 Å². The summed E-state index contributed by atoms with van der Waals surface area (Å²) in [5.41, 5.74) is 0.427. The van der Waals surface area contributed by atoms with E-state index < -0.39 is 16.1 Å². The number of nitrogens with zero attached hydrogens (tertiary/aromatic N) is 2. The Bertz CT molecular complexity index is 629. The van der Waals surface area contributed by atoms with E-state index in [0.29, 0.717) is 31.1 Å². The summed E-state index contributed by atoms with van der Waals surface area (Å²) in [6.45, 7) is 5.11. The highest BCUT2D eigenvalue weighted by atomic mass is 32.2. The van der Waals surface area contributed by atoms with Crippen molar-refractivity contribution in [2.24, 2.45) is 0 Å². The van der Waals surface area contributed by atoms with Crippen LogP contribution in [0.5, 0.6) is 5.75 Å². The molecule has 0 aliphatic rings. The lowest BCUT2D eigenvalue weighted by molar-refractivity contribution is -0.121. The fourth-order valence-corrected chi connectivity index (χ4v) is 3.39. The molecule has 136 valence electrons. The van der Waals surface area contributed by atoms with E-state index in [-0.39, 0.29) is 5.91 Å². The minimum absolute atomic E-state index is 0.337. The smallest absolute Gasteiger partial charge is 0.243 e. The van der Waals surface area contributed by atoms with Crippen molar-refractivity contribution in [3.8, 4) is 5.75 Å². The highest BCUT2D eigenvalue weighted by Gasteiger charge is 2.28. The van der Waals surface area contributed by atoms with Crippen LogP contribution in [-0.2, 0) is 14.8 Å². The number of carbonyl (C=O) groups excluding carboxylic acids is 1. The molecule has 7 nitrogen and oxygen atoms in total. The second kappa shape index (κ2) is 8.89. The molecule has 0 radical (unpaired) electrons. The Labute approximate surface area is 144 Å². The standard InChI is InChI=1S/C16H27N3O4S/c1-6-23-15-9-7-14(8-10-15)19(24(5,21)22)13(2)16(20)17-11-12-18(3)4/h7-10,13H,6,11-12H2,1-5H3,(H,17,20)/t13-/m1/s1. The molecule has 8 heteroatoms. The number of ether oxygens (including phenoxy) is 1. The zero-order valence-corrected chi connectivity index (χ0v) is 15.8. The number of sulfonamides is 1. The normalized spacial score (nSPS) is 12.8. The molecule has 1 aromatic rings. The molecule has 1 N–H and O–H groups in total. The minimum atomic E-state index is -3.61. The molecule has 24 heavy (non-hydrogen) atoms. The van der Waals surface area contributed by atoms with Gasteiger partial charge in [-0.15, -0.1) is 0 Å². The summed E-state index contributed by atoms with van der Waals surface area (Å²) < 4.78 is 30.8. The van der Waals surface area contributed by atoms with Gasteiger partial charge in [-0.25, -0.2) is 8.42 Å². The average molecular weight is 357 g/mol. The molecule has 0 fully saturated rings. The van der Waals surface area contributed by atoms with Crippen LogP contribution >= 0.6 is 0 Å². The second-order valence-corrected chi connectivity index (χ2v) is 7.62. The Morgan fingerprint density at radius 2 is 1.83 bits per heavy atom. The number of carbonyl (C=O) groups is 1. The van der Waals surface area contributed by atoms with Gasteiger partial charge < -0.3 is 15.0 Å². The van der Waals surface area contributed by atoms with Crippen molar-refractivity contribution < 1.29 is 17.9 Å². The molecular formula is C16H27N3O4S. The summed E-state index contributed by atoms with van der Waals surface area (Å²) in [7, 11) is 0.195. The second-order valence-electron chi connectivity index (χ2n) is 5.76. The van der Waals surface area contributed by atoms with Gasteiger partial charge >= 0.3 is 0 Å². The fourth-order valence-electron chi connectivity index (χ4n) is 2.22. The van der Waals surface area contributed by atoms with Gasteiger partial charge in [0, 0.05) is 13.1 Å².